The summed E-state index contributed by atoms with van der Waals surface area (Å²) in [7, 11) is 0. The highest BCUT2D eigenvalue weighted by atomic mass is 16.5. The maximum atomic E-state index is 12.7. The van der Waals surface area contributed by atoms with Crippen LogP contribution in [-0.4, -0.2) is 60.0 Å². The van der Waals surface area contributed by atoms with Gasteiger partial charge in [-0.25, -0.2) is 9.59 Å². The Kier molecular flexibility index (Phi) is 6.75. The fraction of sp³-hybridized carbons (Fsp3) is 0.706. The Labute approximate surface area is 157 Å². The Hall–Kier alpha value is -2.65. The van der Waals surface area contributed by atoms with Gasteiger partial charge in [-0.2, -0.15) is 0 Å². The molecule has 1 saturated carbocycles. The SMILES string of the molecule is CCCNC(=O)NC(=O)COC(=O)CN1C(=O)N[C@@]2(CCCC[C@H]2C)C1=O. The first-order chi connectivity index (χ1) is 12.8. The van der Waals surface area contributed by atoms with Crippen LogP contribution in [0.25, 0.3) is 0 Å². The highest BCUT2D eigenvalue weighted by molar-refractivity contribution is 6.09. The third-order valence-corrected chi connectivity index (χ3v) is 4.94. The molecule has 1 saturated heterocycles. The molecular formula is C17H26N4O6. The zero-order valence-electron chi connectivity index (χ0n) is 15.6. The third kappa shape index (κ3) is 4.75. The minimum Gasteiger partial charge on any atom is -0.454 e. The normalized spacial score (nSPS) is 24.5. The molecule has 0 aromatic rings. The number of carbonyl (C=O) groups excluding carboxylic acids is 5. The van der Waals surface area contributed by atoms with E-state index in [-0.39, 0.29) is 5.92 Å². The van der Waals surface area contributed by atoms with Gasteiger partial charge in [-0.05, 0) is 25.2 Å². The molecule has 1 aliphatic heterocycles. The van der Waals surface area contributed by atoms with E-state index < -0.39 is 48.5 Å². The van der Waals surface area contributed by atoms with Crippen molar-refractivity contribution >= 4 is 29.8 Å². The van der Waals surface area contributed by atoms with Crippen LogP contribution in [0, 0.1) is 5.92 Å². The molecule has 10 nitrogen and oxygen atoms in total. The molecule has 0 bridgehead atoms. The van der Waals surface area contributed by atoms with Gasteiger partial charge < -0.3 is 15.4 Å². The van der Waals surface area contributed by atoms with Crippen LogP contribution < -0.4 is 16.0 Å². The molecule has 0 aromatic heterocycles. The summed E-state index contributed by atoms with van der Waals surface area (Å²) in [5.74, 6) is -2.15. The third-order valence-electron chi connectivity index (χ3n) is 4.94. The number of rotatable bonds is 6. The molecule has 0 radical (unpaired) electrons. The van der Waals surface area contributed by atoms with Crippen LogP contribution in [0.2, 0.25) is 0 Å². The van der Waals surface area contributed by atoms with E-state index in [0.717, 1.165) is 24.2 Å². The Balaban J connectivity index is 1.83. The second-order valence-corrected chi connectivity index (χ2v) is 6.90. The van der Waals surface area contributed by atoms with Crippen LogP contribution in [0.5, 0.6) is 0 Å². The van der Waals surface area contributed by atoms with Crippen molar-refractivity contribution in [2.45, 2.75) is 51.5 Å². The van der Waals surface area contributed by atoms with Crippen molar-refractivity contribution in [1.29, 1.82) is 0 Å². The number of urea groups is 2. The minimum atomic E-state index is -0.954. The van der Waals surface area contributed by atoms with Crippen molar-refractivity contribution in [3.8, 4) is 0 Å². The number of nitrogens with one attached hydrogen (secondary N) is 3. The van der Waals surface area contributed by atoms with E-state index in [1.807, 2.05) is 19.2 Å². The number of ether oxygens (including phenoxy) is 1. The van der Waals surface area contributed by atoms with Crippen molar-refractivity contribution in [2.24, 2.45) is 5.92 Å². The van der Waals surface area contributed by atoms with Crippen molar-refractivity contribution in [2.75, 3.05) is 19.7 Å². The Morgan fingerprint density at radius 2 is 2.04 bits per heavy atom. The first-order valence-electron chi connectivity index (χ1n) is 9.17. The number of carbonyl (C=O) groups is 5. The molecule has 2 aliphatic rings. The maximum absolute atomic E-state index is 12.7. The smallest absolute Gasteiger partial charge is 0.326 e. The van der Waals surface area contributed by atoms with E-state index in [4.69, 9.17) is 4.74 Å². The van der Waals surface area contributed by atoms with Gasteiger partial charge in [-0.1, -0.05) is 26.7 Å². The van der Waals surface area contributed by atoms with Gasteiger partial charge in [0.25, 0.3) is 11.8 Å². The monoisotopic (exact) mass is 382 g/mol. The van der Waals surface area contributed by atoms with Gasteiger partial charge in [0.2, 0.25) is 0 Å². The second kappa shape index (κ2) is 8.83. The fourth-order valence-electron chi connectivity index (χ4n) is 3.41. The number of esters is 1. The summed E-state index contributed by atoms with van der Waals surface area (Å²) in [6.45, 7) is 2.92. The minimum absolute atomic E-state index is 0.0175. The van der Waals surface area contributed by atoms with Gasteiger partial charge in [-0.15, -0.1) is 0 Å². The predicted octanol–water partition coefficient (Wildman–Crippen LogP) is 0.266. The lowest BCUT2D eigenvalue weighted by molar-refractivity contribution is -0.151. The average Bonchev–Trinajstić information content (AvgIpc) is 2.86. The van der Waals surface area contributed by atoms with Crippen LogP contribution >= 0.6 is 0 Å². The molecule has 150 valence electrons. The number of nitrogens with zero attached hydrogens (tertiary/aromatic N) is 1. The molecule has 1 spiro atoms. The summed E-state index contributed by atoms with van der Waals surface area (Å²) < 4.78 is 4.77. The van der Waals surface area contributed by atoms with Crippen molar-refractivity contribution in [3.05, 3.63) is 0 Å². The maximum Gasteiger partial charge on any atom is 0.326 e. The largest absolute Gasteiger partial charge is 0.454 e. The predicted molar refractivity (Wildman–Crippen MR) is 93.4 cm³/mol. The molecule has 10 heteroatoms. The summed E-state index contributed by atoms with van der Waals surface area (Å²) in [6, 6.07) is -1.31. The van der Waals surface area contributed by atoms with E-state index in [9.17, 15) is 24.0 Å². The summed E-state index contributed by atoms with van der Waals surface area (Å²) in [5.41, 5.74) is -0.954. The van der Waals surface area contributed by atoms with Gasteiger partial charge in [-0.3, -0.25) is 24.6 Å². The molecule has 2 atom stereocenters. The number of imide groups is 2. The summed E-state index contributed by atoms with van der Waals surface area (Å²) in [6.07, 6.45) is 3.90. The molecule has 6 amide bonds. The number of hydrogen-bond donors (Lipinski definition) is 3. The number of amides is 6. The topological polar surface area (TPSA) is 134 Å². The molecule has 0 unspecified atom stereocenters. The quantitative estimate of drug-likeness (QED) is 0.446. The van der Waals surface area contributed by atoms with Crippen LogP contribution in [0.15, 0.2) is 0 Å². The van der Waals surface area contributed by atoms with Gasteiger partial charge in [0, 0.05) is 6.54 Å². The Morgan fingerprint density at radius 3 is 2.70 bits per heavy atom. The van der Waals surface area contributed by atoms with Crippen LogP contribution in [0.3, 0.4) is 0 Å². The van der Waals surface area contributed by atoms with Crippen molar-refractivity contribution in [1.82, 2.24) is 20.9 Å². The Bertz CT molecular complexity index is 637. The van der Waals surface area contributed by atoms with Crippen molar-refractivity contribution in [3.63, 3.8) is 0 Å². The molecule has 1 heterocycles. The lowest BCUT2D eigenvalue weighted by Gasteiger charge is -2.36. The van der Waals surface area contributed by atoms with E-state index >= 15 is 0 Å². The summed E-state index contributed by atoms with van der Waals surface area (Å²) in [4.78, 5) is 60.6. The van der Waals surface area contributed by atoms with E-state index in [1.165, 1.54) is 0 Å². The van der Waals surface area contributed by atoms with Gasteiger partial charge in [0.1, 0.15) is 12.1 Å². The first kappa shape index (κ1) is 20.7. The highest BCUT2D eigenvalue weighted by Gasteiger charge is 2.55. The molecule has 0 aromatic carbocycles. The molecule has 2 rings (SSSR count). The lowest BCUT2D eigenvalue weighted by atomic mass is 9.73. The van der Waals surface area contributed by atoms with Crippen LogP contribution in [-0.2, 0) is 19.1 Å². The average molecular weight is 382 g/mol. The molecular weight excluding hydrogens is 356 g/mol. The molecule has 2 fully saturated rings. The van der Waals surface area contributed by atoms with Gasteiger partial charge in [0.15, 0.2) is 6.61 Å². The molecule has 3 N–H and O–H groups in total. The standard InChI is InChI=1S/C17H26N4O6/c1-3-8-18-15(25)19-12(22)10-27-13(23)9-21-14(24)17(20-16(21)26)7-5-4-6-11(17)2/h11H,3-10H2,1-2H3,(H,20,26)(H2,18,19,22,25)/t11-,17-/m1/s1. The van der Waals surface area contributed by atoms with Crippen LogP contribution in [0.4, 0.5) is 9.59 Å². The Morgan fingerprint density at radius 1 is 1.30 bits per heavy atom. The second-order valence-electron chi connectivity index (χ2n) is 6.90. The number of hydrogen-bond acceptors (Lipinski definition) is 6. The lowest BCUT2D eigenvalue weighted by Crippen LogP contribution is -2.54. The molecule has 1 aliphatic carbocycles. The van der Waals surface area contributed by atoms with E-state index in [0.29, 0.717) is 19.4 Å². The van der Waals surface area contributed by atoms with Gasteiger partial charge in [0.05, 0.1) is 0 Å². The summed E-state index contributed by atoms with van der Waals surface area (Å²) in [5, 5.41) is 7.18. The van der Waals surface area contributed by atoms with Gasteiger partial charge >= 0.3 is 18.0 Å². The zero-order valence-corrected chi connectivity index (χ0v) is 15.6. The fourth-order valence-corrected chi connectivity index (χ4v) is 3.41. The summed E-state index contributed by atoms with van der Waals surface area (Å²) >= 11 is 0. The van der Waals surface area contributed by atoms with Crippen LogP contribution in [0.1, 0.15) is 46.0 Å². The molecule has 27 heavy (non-hydrogen) atoms. The van der Waals surface area contributed by atoms with E-state index in [2.05, 4.69) is 10.6 Å². The highest BCUT2D eigenvalue weighted by Crippen LogP contribution is 2.38. The van der Waals surface area contributed by atoms with Crippen molar-refractivity contribution < 1.29 is 28.7 Å². The zero-order chi connectivity index (χ0) is 20.0. The van der Waals surface area contributed by atoms with E-state index in [1.54, 1.807) is 0 Å². The first-order valence-corrected chi connectivity index (χ1v) is 9.17.